The highest BCUT2D eigenvalue weighted by Crippen LogP contribution is 2.50. The highest BCUT2D eigenvalue weighted by atomic mass is 35.5. The van der Waals surface area contributed by atoms with Gasteiger partial charge < -0.3 is 5.32 Å². The van der Waals surface area contributed by atoms with Crippen LogP contribution in [0.4, 0.5) is 5.69 Å². The third-order valence-electron chi connectivity index (χ3n) is 5.32. The molecule has 2 aliphatic rings. The van der Waals surface area contributed by atoms with Gasteiger partial charge in [-0.25, -0.2) is 12.7 Å². The fourth-order valence-electron chi connectivity index (χ4n) is 3.97. The minimum absolute atomic E-state index is 0.150. The van der Waals surface area contributed by atoms with Gasteiger partial charge in [0.25, 0.3) is 0 Å². The van der Waals surface area contributed by atoms with Crippen LogP contribution in [-0.4, -0.2) is 26.8 Å². The van der Waals surface area contributed by atoms with E-state index in [9.17, 15) is 8.42 Å². The summed E-state index contributed by atoms with van der Waals surface area (Å²) < 4.78 is 26.3. The summed E-state index contributed by atoms with van der Waals surface area (Å²) in [7, 11) is -0.334. The fourth-order valence-corrected chi connectivity index (χ4v) is 5.11. The summed E-state index contributed by atoms with van der Waals surface area (Å²) in [4.78, 5) is 0.336. The molecule has 1 aliphatic carbocycles. The summed E-state index contributed by atoms with van der Waals surface area (Å²) in [6, 6.07) is 13.5. The summed E-state index contributed by atoms with van der Waals surface area (Å²) >= 11 is 6.19. The smallest absolute Gasteiger partial charge is 0.242 e. The van der Waals surface area contributed by atoms with Gasteiger partial charge in [-0.15, -0.1) is 0 Å². The van der Waals surface area contributed by atoms with Crippen LogP contribution in [0.3, 0.4) is 0 Å². The van der Waals surface area contributed by atoms with E-state index >= 15 is 0 Å². The van der Waals surface area contributed by atoms with Crippen LogP contribution in [0.1, 0.15) is 29.5 Å². The molecule has 1 N–H and O–H groups in total. The van der Waals surface area contributed by atoms with E-state index in [-0.39, 0.29) is 12.0 Å². The second kappa shape index (κ2) is 6.41. The normalized spacial score (nSPS) is 24.2. The molecule has 0 spiro atoms. The minimum atomic E-state index is -3.45. The molecule has 0 fully saturated rings. The lowest BCUT2D eigenvalue weighted by Gasteiger charge is -2.37. The van der Waals surface area contributed by atoms with Gasteiger partial charge in [-0.1, -0.05) is 35.9 Å². The van der Waals surface area contributed by atoms with Crippen molar-refractivity contribution in [1.82, 2.24) is 4.31 Å². The van der Waals surface area contributed by atoms with Gasteiger partial charge in [0, 0.05) is 30.7 Å². The van der Waals surface area contributed by atoms with Gasteiger partial charge in [-0.05, 0) is 53.8 Å². The second-order valence-corrected chi connectivity index (χ2v) is 9.66. The number of halogens is 1. The summed E-state index contributed by atoms with van der Waals surface area (Å²) in [6.45, 7) is 0. The second-order valence-electron chi connectivity index (χ2n) is 7.07. The molecule has 2 aromatic carbocycles. The van der Waals surface area contributed by atoms with Crippen molar-refractivity contribution >= 4 is 27.3 Å². The first-order valence-corrected chi connectivity index (χ1v) is 10.4. The van der Waals surface area contributed by atoms with E-state index in [0.29, 0.717) is 10.8 Å². The molecule has 4 nitrogen and oxygen atoms in total. The van der Waals surface area contributed by atoms with Gasteiger partial charge in [0.1, 0.15) is 0 Å². The Labute approximate surface area is 159 Å². The lowest BCUT2D eigenvalue weighted by Crippen LogP contribution is -2.29. The maximum absolute atomic E-state index is 12.5. The van der Waals surface area contributed by atoms with E-state index in [4.69, 9.17) is 11.6 Å². The van der Waals surface area contributed by atoms with Crippen LogP contribution in [0.15, 0.2) is 59.5 Å². The van der Waals surface area contributed by atoms with Gasteiger partial charge in [0.05, 0.1) is 10.9 Å². The minimum Gasteiger partial charge on any atom is -0.378 e. The molecule has 0 aromatic heterocycles. The monoisotopic (exact) mass is 388 g/mol. The molecule has 136 valence electrons. The van der Waals surface area contributed by atoms with Crippen molar-refractivity contribution in [3.63, 3.8) is 0 Å². The highest BCUT2D eigenvalue weighted by Gasteiger charge is 2.38. The molecule has 0 saturated carbocycles. The third-order valence-corrected chi connectivity index (χ3v) is 7.37. The zero-order valence-corrected chi connectivity index (χ0v) is 16.3. The molecule has 4 rings (SSSR count). The number of allylic oxidation sites excluding steroid dienone is 2. The summed E-state index contributed by atoms with van der Waals surface area (Å²) in [5.74, 6) is 0.547. The number of hydrogen-bond acceptors (Lipinski definition) is 3. The van der Waals surface area contributed by atoms with E-state index in [1.807, 2.05) is 30.3 Å². The van der Waals surface area contributed by atoms with Crippen LogP contribution in [0, 0.1) is 5.92 Å². The van der Waals surface area contributed by atoms with Gasteiger partial charge in [-0.3, -0.25) is 0 Å². The zero-order valence-electron chi connectivity index (χ0n) is 14.7. The van der Waals surface area contributed by atoms with Gasteiger partial charge in [0.2, 0.25) is 10.0 Å². The first-order chi connectivity index (χ1) is 12.4. The van der Waals surface area contributed by atoms with E-state index < -0.39 is 10.0 Å². The summed E-state index contributed by atoms with van der Waals surface area (Å²) in [5.41, 5.74) is 3.19. The molecular formula is C20H21ClN2O2S. The molecule has 0 radical (unpaired) electrons. The van der Waals surface area contributed by atoms with Crippen LogP contribution < -0.4 is 5.32 Å². The molecule has 1 aliphatic heterocycles. The lowest BCUT2D eigenvalue weighted by molar-refractivity contribution is 0.425. The molecule has 0 amide bonds. The van der Waals surface area contributed by atoms with Gasteiger partial charge in [-0.2, -0.15) is 0 Å². The molecule has 3 atom stereocenters. The van der Waals surface area contributed by atoms with Crippen LogP contribution >= 0.6 is 11.6 Å². The molecule has 26 heavy (non-hydrogen) atoms. The third kappa shape index (κ3) is 2.84. The average molecular weight is 389 g/mol. The van der Waals surface area contributed by atoms with Crippen LogP contribution in [0.2, 0.25) is 5.02 Å². The van der Waals surface area contributed by atoms with Gasteiger partial charge in [0.15, 0.2) is 0 Å². The Balaban J connectivity index is 1.78. The van der Waals surface area contributed by atoms with Crippen LogP contribution in [0.25, 0.3) is 0 Å². The number of anilines is 1. The standard InChI is InChI=1S/C20H21ClN2O2S/c1-23(2)26(24,25)15-9-10-19-18(12-15)16-7-4-8-17(16)20(22-19)13-5-3-6-14(21)11-13/h3-7,9-12,16-17,20,22H,8H2,1-2H3. The van der Waals surface area contributed by atoms with Crippen molar-refractivity contribution in [3.05, 3.63) is 70.8 Å². The van der Waals surface area contributed by atoms with E-state index in [1.165, 1.54) is 4.31 Å². The molecule has 3 unspecified atom stereocenters. The number of hydrogen-bond donors (Lipinski definition) is 1. The molecule has 0 saturated heterocycles. The average Bonchev–Trinajstić information content (AvgIpc) is 3.10. The number of nitrogens with zero attached hydrogens (tertiary/aromatic N) is 1. The Kier molecular flexibility index (Phi) is 4.34. The number of fused-ring (bicyclic) bond motifs is 3. The van der Waals surface area contributed by atoms with Crippen LogP contribution in [-0.2, 0) is 10.0 Å². The Morgan fingerprint density at radius 1 is 1.15 bits per heavy atom. The molecular weight excluding hydrogens is 368 g/mol. The van der Waals surface area contributed by atoms with Crippen molar-refractivity contribution in [3.8, 4) is 0 Å². The molecule has 6 heteroatoms. The van der Waals surface area contributed by atoms with Gasteiger partial charge >= 0.3 is 0 Å². The number of benzene rings is 2. The Hall–Kier alpha value is -1.82. The van der Waals surface area contributed by atoms with Crippen molar-refractivity contribution in [2.24, 2.45) is 5.92 Å². The Morgan fingerprint density at radius 3 is 2.69 bits per heavy atom. The topological polar surface area (TPSA) is 49.4 Å². The van der Waals surface area contributed by atoms with E-state index in [0.717, 1.165) is 28.3 Å². The largest absolute Gasteiger partial charge is 0.378 e. The van der Waals surface area contributed by atoms with E-state index in [2.05, 4.69) is 23.5 Å². The quantitative estimate of drug-likeness (QED) is 0.792. The number of sulfonamides is 1. The molecule has 2 aromatic rings. The lowest BCUT2D eigenvalue weighted by atomic mass is 9.77. The first kappa shape index (κ1) is 17.6. The fraction of sp³-hybridized carbons (Fsp3) is 0.300. The van der Waals surface area contributed by atoms with Crippen LogP contribution in [0.5, 0.6) is 0 Å². The van der Waals surface area contributed by atoms with Crippen molar-refractivity contribution in [1.29, 1.82) is 0 Å². The summed E-state index contributed by atoms with van der Waals surface area (Å²) in [5, 5.41) is 4.34. The summed E-state index contributed by atoms with van der Waals surface area (Å²) in [6.07, 6.45) is 5.35. The number of nitrogens with one attached hydrogen (secondary N) is 1. The molecule has 0 bridgehead atoms. The van der Waals surface area contributed by atoms with Crippen molar-refractivity contribution < 1.29 is 8.42 Å². The maximum atomic E-state index is 12.5. The molecule has 1 heterocycles. The zero-order chi connectivity index (χ0) is 18.5. The van der Waals surface area contributed by atoms with E-state index in [1.54, 1.807) is 20.2 Å². The SMILES string of the molecule is CN(C)S(=O)(=O)c1ccc2c(c1)C1C=CCC1C(c1cccc(Cl)c1)N2. The predicted octanol–water partition coefficient (Wildman–Crippen LogP) is 4.42. The number of rotatable bonds is 3. The van der Waals surface area contributed by atoms with Crippen molar-refractivity contribution in [2.75, 3.05) is 19.4 Å². The Bertz CT molecular complexity index is 985. The maximum Gasteiger partial charge on any atom is 0.242 e. The Morgan fingerprint density at radius 2 is 1.96 bits per heavy atom. The first-order valence-electron chi connectivity index (χ1n) is 8.63. The highest BCUT2D eigenvalue weighted by molar-refractivity contribution is 7.89. The predicted molar refractivity (Wildman–Crippen MR) is 105 cm³/mol. The van der Waals surface area contributed by atoms with Crippen molar-refractivity contribution in [2.45, 2.75) is 23.3 Å².